The van der Waals surface area contributed by atoms with E-state index in [9.17, 15) is 14.7 Å². The van der Waals surface area contributed by atoms with Crippen molar-refractivity contribution in [3.63, 3.8) is 0 Å². The molecule has 1 aromatic carbocycles. The van der Waals surface area contributed by atoms with Crippen molar-refractivity contribution in [2.45, 2.75) is 33.9 Å². The molecule has 30 heavy (non-hydrogen) atoms. The summed E-state index contributed by atoms with van der Waals surface area (Å²) in [4.78, 5) is 25.7. The highest BCUT2D eigenvalue weighted by Gasteiger charge is 2.19. The Bertz CT molecular complexity index is 1330. The van der Waals surface area contributed by atoms with E-state index in [-0.39, 0.29) is 22.0 Å². The van der Waals surface area contributed by atoms with E-state index in [4.69, 9.17) is 23.8 Å². The summed E-state index contributed by atoms with van der Waals surface area (Å²) in [5.74, 6) is -0.385. The van der Waals surface area contributed by atoms with Gasteiger partial charge in [-0.2, -0.15) is 0 Å². The summed E-state index contributed by atoms with van der Waals surface area (Å²) in [6.07, 6.45) is 0. The molecule has 0 saturated heterocycles. The summed E-state index contributed by atoms with van der Waals surface area (Å²) in [6, 6.07) is 6.84. The third kappa shape index (κ3) is 3.52. The maximum atomic E-state index is 13.0. The fraction of sp³-hybridized carbons (Fsp3) is 0.316. The molecule has 3 rings (SSSR count). The van der Waals surface area contributed by atoms with Crippen LogP contribution in [0.3, 0.4) is 0 Å². The highest BCUT2D eigenvalue weighted by Crippen LogP contribution is 2.26. The fourth-order valence-electron chi connectivity index (χ4n) is 3.13. The Hall–Kier alpha value is -2.98. The maximum absolute atomic E-state index is 13.0. The molecule has 0 saturated carbocycles. The molecule has 158 valence electrons. The van der Waals surface area contributed by atoms with Crippen molar-refractivity contribution in [3.8, 4) is 11.6 Å². The lowest BCUT2D eigenvalue weighted by molar-refractivity contribution is 0.402. The third-order valence-corrected chi connectivity index (χ3v) is 5.51. The summed E-state index contributed by atoms with van der Waals surface area (Å²) < 4.78 is 5.91. The standard InChI is InChI=1S/C19H21ClN6O3S/c1-5-24-16(27)15(17(28)25(6-2)19(24)30)22-21-14-11(3)23(4)26(18(14)29)13-9-7-8-12(20)10-13/h7-10,27H,5-6H2,1-4H3. The minimum absolute atomic E-state index is 0.0461. The van der Waals surface area contributed by atoms with E-state index < -0.39 is 11.1 Å². The lowest BCUT2D eigenvalue weighted by atomic mass is 10.3. The van der Waals surface area contributed by atoms with E-state index in [1.165, 1.54) is 13.8 Å². The lowest BCUT2D eigenvalue weighted by Gasteiger charge is -2.12. The highest BCUT2D eigenvalue weighted by atomic mass is 35.5. The van der Waals surface area contributed by atoms with Gasteiger partial charge in [0.2, 0.25) is 11.6 Å². The normalized spacial score (nSPS) is 11.5. The van der Waals surface area contributed by atoms with Crippen LogP contribution in [0.4, 0.5) is 11.4 Å². The van der Waals surface area contributed by atoms with Gasteiger partial charge in [0.1, 0.15) is 0 Å². The maximum Gasteiger partial charge on any atom is 0.299 e. The van der Waals surface area contributed by atoms with Gasteiger partial charge in [-0.25, -0.2) is 4.68 Å². The molecule has 0 fully saturated rings. The van der Waals surface area contributed by atoms with Gasteiger partial charge in [-0.3, -0.25) is 23.4 Å². The van der Waals surface area contributed by atoms with E-state index >= 15 is 0 Å². The average molecular weight is 449 g/mol. The van der Waals surface area contributed by atoms with Gasteiger partial charge in [0.05, 0.1) is 11.4 Å². The molecule has 2 heterocycles. The van der Waals surface area contributed by atoms with Gasteiger partial charge in [-0.05, 0) is 51.2 Å². The lowest BCUT2D eigenvalue weighted by Crippen LogP contribution is -2.24. The molecule has 1 N–H and O–H groups in total. The Balaban J connectivity index is 2.20. The fourth-order valence-corrected chi connectivity index (χ4v) is 3.75. The smallest absolute Gasteiger partial charge is 0.299 e. The Labute approximate surface area is 182 Å². The monoisotopic (exact) mass is 448 g/mol. The van der Waals surface area contributed by atoms with Crippen LogP contribution in [0.15, 0.2) is 44.1 Å². The SMILES string of the molecule is CCn1c(O)c(N=Nc2c(C)n(C)n(-c3cccc(Cl)c3)c2=O)c(=O)n(CC)c1=S. The van der Waals surface area contributed by atoms with Crippen LogP contribution in [0.5, 0.6) is 5.88 Å². The topological polar surface area (TPSA) is 98.8 Å². The summed E-state index contributed by atoms with van der Waals surface area (Å²) >= 11 is 11.3. The predicted molar refractivity (Wildman–Crippen MR) is 117 cm³/mol. The number of hydrogen-bond acceptors (Lipinski definition) is 6. The molecule has 0 aliphatic rings. The van der Waals surface area contributed by atoms with Crippen molar-refractivity contribution in [2.24, 2.45) is 17.3 Å². The minimum Gasteiger partial charge on any atom is -0.493 e. The van der Waals surface area contributed by atoms with Crippen LogP contribution in [-0.4, -0.2) is 23.6 Å². The first-order valence-electron chi connectivity index (χ1n) is 9.25. The first kappa shape index (κ1) is 21.7. The molecular formula is C19H21ClN6O3S. The van der Waals surface area contributed by atoms with Crippen molar-refractivity contribution in [2.75, 3.05) is 0 Å². The molecule has 11 heteroatoms. The van der Waals surface area contributed by atoms with Crippen LogP contribution in [0.2, 0.25) is 5.02 Å². The van der Waals surface area contributed by atoms with Crippen molar-refractivity contribution >= 4 is 35.2 Å². The number of aromatic nitrogens is 4. The van der Waals surface area contributed by atoms with Gasteiger partial charge in [0, 0.05) is 25.2 Å². The van der Waals surface area contributed by atoms with Crippen LogP contribution < -0.4 is 11.1 Å². The first-order valence-corrected chi connectivity index (χ1v) is 10.0. The zero-order chi connectivity index (χ0) is 22.2. The van der Waals surface area contributed by atoms with Gasteiger partial charge in [-0.15, -0.1) is 10.2 Å². The van der Waals surface area contributed by atoms with Gasteiger partial charge in [0.15, 0.2) is 10.5 Å². The number of aromatic hydroxyl groups is 1. The van der Waals surface area contributed by atoms with Crippen LogP contribution in [-0.2, 0) is 20.1 Å². The number of rotatable bonds is 5. The van der Waals surface area contributed by atoms with E-state index in [1.807, 2.05) is 0 Å². The van der Waals surface area contributed by atoms with Crippen molar-refractivity contribution < 1.29 is 5.11 Å². The number of nitrogens with zero attached hydrogens (tertiary/aromatic N) is 6. The predicted octanol–water partition coefficient (Wildman–Crippen LogP) is 3.99. The molecule has 3 aromatic rings. The summed E-state index contributed by atoms with van der Waals surface area (Å²) in [5, 5.41) is 18.9. The summed E-state index contributed by atoms with van der Waals surface area (Å²) in [6.45, 7) is 5.91. The molecule has 0 aliphatic carbocycles. The van der Waals surface area contributed by atoms with Crippen molar-refractivity contribution in [1.82, 2.24) is 18.5 Å². The Morgan fingerprint density at radius 3 is 2.30 bits per heavy atom. The van der Waals surface area contributed by atoms with Crippen molar-refractivity contribution in [3.05, 3.63) is 60.5 Å². The molecule has 0 bridgehead atoms. The Morgan fingerprint density at radius 2 is 1.70 bits per heavy atom. The molecule has 0 atom stereocenters. The van der Waals surface area contributed by atoms with Crippen LogP contribution in [0.25, 0.3) is 5.69 Å². The highest BCUT2D eigenvalue weighted by molar-refractivity contribution is 7.71. The van der Waals surface area contributed by atoms with Crippen LogP contribution in [0, 0.1) is 11.7 Å². The Morgan fingerprint density at radius 1 is 1.07 bits per heavy atom. The average Bonchev–Trinajstić information content (AvgIpc) is 2.91. The zero-order valence-electron chi connectivity index (χ0n) is 17.0. The quantitative estimate of drug-likeness (QED) is 0.471. The molecule has 2 aromatic heterocycles. The van der Waals surface area contributed by atoms with Gasteiger partial charge < -0.3 is 5.11 Å². The number of halogens is 1. The van der Waals surface area contributed by atoms with Gasteiger partial charge >= 0.3 is 0 Å². The Kier molecular flexibility index (Phi) is 6.09. The molecule has 0 amide bonds. The van der Waals surface area contributed by atoms with Gasteiger partial charge in [0.25, 0.3) is 11.1 Å². The second-order valence-corrected chi connectivity index (χ2v) is 7.30. The third-order valence-electron chi connectivity index (χ3n) is 4.84. The zero-order valence-corrected chi connectivity index (χ0v) is 18.5. The molecule has 0 radical (unpaired) electrons. The number of benzene rings is 1. The summed E-state index contributed by atoms with van der Waals surface area (Å²) in [5.41, 5.74) is -0.136. The first-order chi connectivity index (χ1) is 14.2. The molecule has 0 unspecified atom stereocenters. The van der Waals surface area contributed by atoms with Crippen LogP contribution >= 0.6 is 23.8 Å². The number of hydrogen-bond donors (Lipinski definition) is 1. The second kappa shape index (κ2) is 8.41. The van der Waals surface area contributed by atoms with E-state index in [0.717, 1.165) is 0 Å². The van der Waals surface area contributed by atoms with E-state index in [0.29, 0.717) is 29.5 Å². The van der Waals surface area contributed by atoms with Crippen molar-refractivity contribution in [1.29, 1.82) is 0 Å². The molecular weight excluding hydrogens is 428 g/mol. The second-order valence-electron chi connectivity index (χ2n) is 6.50. The van der Waals surface area contributed by atoms with Crippen LogP contribution in [0.1, 0.15) is 19.5 Å². The summed E-state index contributed by atoms with van der Waals surface area (Å²) in [7, 11) is 1.70. The largest absolute Gasteiger partial charge is 0.493 e. The molecule has 0 aliphatic heterocycles. The van der Waals surface area contributed by atoms with Gasteiger partial charge in [-0.1, -0.05) is 17.7 Å². The molecule has 9 nitrogen and oxygen atoms in total. The van der Waals surface area contributed by atoms with E-state index in [1.54, 1.807) is 56.8 Å². The number of azo groups is 1. The molecule has 0 spiro atoms. The van der Waals surface area contributed by atoms with E-state index in [2.05, 4.69) is 10.2 Å². The minimum atomic E-state index is -0.572.